The van der Waals surface area contributed by atoms with Crippen molar-refractivity contribution in [1.82, 2.24) is 14.7 Å². The molecule has 0 saturated heterocycles. The Kier molecular flexibility index (Phi) is 5.82. The minimum atomic E-state index is -3.18. The van der Waals surface area contributed by atoms with Crippen LogP contribution in [0.2, 0.25) is 5.02 Å². The van der Waals surface area contributed by atoms with Crippen LogP contribution >= 0.6 is 22.9 Å². The van der Waals surface area contributed by atoms with Crippen LogP contribution in [0, 0.1) is 5.92 Å². The molecule has 0 unspecified atom stereocenters. The smallest absolute Gasteiger partial charge is 0.214 e. The Morgan fingerprint density at radius 2 is 2.04 bits per heavy atom. The number of pyridine rings is 1. The molecule has 3 rings (SSSR count). The molecule has 1 fully saturated rings. The average Bonchev–Trinajstić information content (AvgIpc) is 2.95. The molecule has 0 atom stereocenters. The van der Waals surface area contributed by atoms with E-state index in [1.54, 1.807) is 31.4 Å². The Morgan fingerprint density at radius 1 is 1.32 bits per heavy atom. The van der Waals surface area contributed by atoms with E-state index in [4.69, 9.17) is 11.6 Å². The topological polar surface area (TPSA) is 84.0 Å². The maximum absolute atomic E-state index is 12.0. The standard InChI is InChI=1S/C16H23ClN4O2S2/c1-10(2)25(22,23)21-13-5-3-11(4-6-13)8-19-16-20-15-14(24-16)7-12(17)9-18-15/h7,9-11,13,21H,3-6,8H2,1-2H3,(H,18,19,20)/t11-,13-. The maximum Gasteiger partial charge on any atom is 0.214 e. The molecule has 2 heterocycles. The van der Waals surface area contributed by atoms with Gasteiger partial charge in [0.05, 0.1) is 15.0 Å². The van der Waals surface area contributed by atoms with E-state index in [9.17, 15) is 8.42 Å². The largest absolute Gasteiger partial charge is 0.361 e. The van der Waals surface area contributed by atoms with Crippen LogP contribution in [0.5, 0.6) is 0 Å². The van der Waals surface area contributed by atoms with Crippen LogP contribution < -0.4 is 10.0 Å². The highest BCUT2D eigenvalue weighted by Gasteiger charge is 2.26. The molecule has 138 valence electrons. The van der Waals surface area contributed by atoms with Gasteiger partial charge in [-0.05, 0) is 51.5 Å². The van der Waals surface area contributed by atoms with E-state index in [-0.39, 0.29) is 11.3 Å². The Balaban J connectivity index is 1.49. The monoisotopic (exact) mass is 402 g/mol. The van der Waals surface area contributed by atoms with Crippen molar-refractivity contribution in [2.75, 3.05) is 11.9 Å². The summed E-state index contributed by atoms with van der Waals surface area (Å²) in [5.41, 5.74) is 0.712. The zero-order valence-corrected chi connectivity index (χ0v) is 16.7. The number of nitrogens with zero attached hydrogens (tertiary/aromatic N) is 2. The van der Waals surface area contributed by atoms with Gasteiger partial charge in [0, 0.05) is 18.8 Å². The summed E-state index contributed by atoms with van der Waals surface area (Å²) >= 11 is 7.50. The summed E-state index contributed by atoms with van der Waals surface area (Å²) < 4.78 is 27.7. The average molecular weight is 403 g/mol. The van der Waals surface area contributed by atoms with Crippen LogP contribution in [0.1, 0.15) is 39.5 Å². The zero-order chi connectivity index (χ0) is 18.0. The summed E-state index contributed by atoms with van der Waals surface area (Å²) in [4.78, 5) is 8.68. The summed E-state index contributed by atoms with van der Waals surface area (Å²) in [6.45, 7) is 4.26. The molecule has 0 amide bonds. The second-order valence-electron chi connectivity index (χ2n) is 6.80. The van der Waals surface area contributed by atoms with Gasteiger partial charge in [0.25, 0.3) is 0 Å². The molecule has 0 aliphatic heterocycles. The number of rotatable bonds is 6. The van der Waals surface area contributed by atoms with Crippen molar-refractivity contribution in [1.29, 1.82) is 0 Å². The predicted molar refractivity (Wildman–Crippen MR) is 104 cm³/mol. The van der Waals surface area contributed by atoms with Crippen LogP contribution in [0.15, 0.2) is 12.3 Å². The first-order chi connectivity index (χ1) is 11.8. The normalized spacial score (nSPS) is 21.8. The molecular weight excluding hydrogens is 380 g/mol. The first-order valence-corrected chi connectivity index (χ1v) is 11.2. The summed E-state index contributed by atoms with van der Waals surface area (Å²) in [5, 5.41) is 4.48. The van der Waals surface area contributed by atoms with Gasteiger partial charge in [0.15, 0.2) is 10.8 Å². The second kappa shape index (κ2) is 7.73. The first-order valence-electron chi connectivity index (χ1n) is 8.50. The molecule has 1 aliphatic rings. The fourth-order valence-corrected chi connectivity index (χ4v) is 5.02. The van der Waals surface area contributed by atoms with Crippen molar-refractivity contribution in [3.63, 3.8) is 0 Å². The Hall–Kier alpha value is -0.960. The van der Waals surface area contributed by atoms with E-state index in [0.717, 1.165) is 42.1 Å². The van der Waals surface area contributed by atoms with Crippen LogP contribution in [-0.4, -0.2) is 36.2 Å². The summed E-state index contributed by atoms with van der Waals surface area (Å²) in [6.07, 6.45) is 5.39. The van der Waals surface area contributed by atoms with Crippen LogP contribution in [0.3, 0.4) is 0 Å². The van der Waals surface area contributed by atoms with Gasteiger partial charge in [-0.25, -0.2) is 23.1 Å². The van der Waals surface area contributed by atoms with Gasteiger partial charge < -0.3 is 5.32 Å². The molecule has 6 nitrogen and oxygen atoms in total. The molecule has 9 heteroatoms. The Bertz CT molecular complexity index is 830. The lowest BCUT2D eigenvalue weighted by Gasteiger charge is -2.29. The van der Waals surface area contributed by atoms with E-state index in [1.165, 1.54) is 0 Å². The number of halogens is 1. The molecule has 0 radical (unpaired) electrons. The molecule has 1 aliphatic carbocycles. The van der Waals surface area contributed by atoms with Crippen molar-refractivity contribution in [3.8, 4) is 0 Å². The van der Waals surface area contributed by atoms with E-state index in [0.29, 0.717) is 16.6 Å². The van der Waals surface area contributed by atoms with Crippen molar-refractivity contribution in [2.45, 2.75) is 50.8 Å². The van der Waals surface area contributed by atoms with Crippen LogP contribution in [0.4, 0.5) is 5.13 Å². The van der Waals surface area contributed by atoms with Gasteiger partial charge in [-0.3, -0.25) is 0 Å². The van der Waals surface area contributed by atoms with Gasteiger partial charge >= 0.3 is 0 Å². The zero-order valence-electron chi connectivity index (χ0n) is 14.3. The summed E-state index contributed by atoms with van der Waals surface area (Å²) in [7, 11) is -3.18. The number of hydrogen-bond acceptors (Lipinski definition) is 6. The number of aromatic nitrogens is 2. The number of sulfonamides is 1. The lowest BCUT2D eigenvalue weighted by molar-refractivity contribution is 0.323. The summed E-state index contributed by atoms with van der Waals surface area (Å²) in [5.74, 6) is 0.531. The third kappa shape index (κ3) is 4.81. The van der Waals surface area contributed by atoms with Gasteiger partial charge in [-0.1, -0.05) is 22.9 Å². The van der Waals surface area contributed by atoms with Gasteiger partial charge in [-0.15, -0.1) is 0 Å². The molecule has 2 N–H and O–H groups in total. The first kappa shape index (κ1) is 18.8. The lowest BCUT2D eigenvalue weighted by Crippen LogP contribution is -2.41. The van der Waals surface area contributed by atoms with Gasteiger partial charge in [0.2, 0.25) is 10.0 Å². The predicted octanol–water partition coefficient (Wildman–Crippen LogP) is 3.64. The fraction of sp³-hybridized carbons (Fsp3) is 0.625. The quantitative estimate of drug-likeness (QED) is 0.770. The van der Waals surface area contributed by atoms with E-state index < -0.39 is 10.0 Å². The third-order valence-electron chi connectivity index (χ3n) is 4.55. The van der Waals surface area contributed by atoms with E-state index >= 15 is 0 Å². The van der Waals surface area contributed by atoms with E-state index in [1.807, 2.05) is 6.07 Å². The SMILES string of the molecule is CC(C)S(=O)(=O)N[C@H]1CC[C@H](CNc2nc3ncc(Cl)cc3s2)CC1. The van der Waals surface area contributed by atoms with E-state index in [2.05, 4.69) is 20.0 Å². The second-order valence-corrected chi connectivity index (χ2v) is 10.5. The van der Waals surface area contributed by atoms with Gasteiger partial charge in [-0.2, -0.15) is 0 Å². The number of fused-ring (bicyclic) bond motifs is 1. The fourth-order valence-electron chi connectivity index (χ4n) is 2.96. The van der Waals surface area contributed by atoms with Crippen molar-refractivity contribution >= 4 is 48.4 Å². The van der Waals surface area contributed by atoms with Crippen molar-refractivity contribution < 1.29 is 8.42 Å². The molecule has 0 aromatic carbocycles. The van der Waals surface area contributed by atoms with Gasteiger partial charge in [0.1, 0.15) is 0 Å². The number of hydrogen-bond donors (Lipinski definition) is 2. The molecular formula is C16H23ClN4O2S2. The highest BCUT2D eigenvalue weighted by molar-refractivity contribution is 7.90. The van der Waals surface area contributed by atoms with Crippen LogP contribution in [-0.2, 0) is 10.0 Å². The Labute approximate surface area is 157 Å². The molecule has 0 spiro atoms. The number of thiazole rings is 1. The number of anilines is 1. The minimum absolute atomic E-state index is 0.0671. The van der Waals surface area contributed by atoms with Crippen molar-refractivity contribution in [3.05, 3.63) is 17.3 Å². The Morgan fingerprint density at radius 3 is 2.72 bits per heavy atom. The minimum Gasteiger partial charge on any atom is -0.361 e. The molecule has 2 aromatic heterocycles. The number of nitrogens with one attached hydrogen (secondary N) is 2. The van der Waals surface area contributed by atoms with Crippen LogP contribution in [0.25, 0.3) is 10.3 Å². The highest BCUT2D eigenvalue weighted by atomic mass is 35.5. The molecule has 0 bridgehead atoms. The molecule has 25 heavy (non-hydrogen) atoms. The lowest BCUT2D eigenvalue weighted by atomic mass is 9.86. The van der Waals surface area contributed by atoms with Crippen molar-refractivity contribution in [2.24, 2.45) is 5.92 Å². The highest BCUT2D eigenvalue weighted by Crippen LogP contribution is 2.29. The third-order valence-corrected chi connectivity index (χ3v) is 7.61. The summed E-state index contributed by atoms with van der Waals surface area (Å²) in [6, 6.07) is 1.94. The molecule has 1 saturated carbocycles. The maximum atomic E-state index is 12.0. The molecule has 2 aromatic rings.